The molecule has 0 unspecified atom stereocenters. The van der Waals surface area contributed by atoms with Gasteiger partial charge in [-0.3, -0.25) is 4.57 Å². The van der Waals surface area contributed by atoms with E-state index in [9.17, 15) is 0 Å². The summed E-state index contributed by atoms with van der Waals surface area (Å²) in [6.45, 7) is 0. The average molecular weight is 218 g/mol. The van der Waals surface area contributed by atoms with E-state index in [0.29, 0.717) is 0 Å². The van der Waals surface area contributed by atoms with Crippen LogP contribution in [0.4, 0.5) is 0 Å². The van der Waals surface area contributed by atoms with Gasteiger partial charge in [0.1, 0.15) is 0 Å². The molecule has 64 valence electrons. The van der Waals surface area contributed by atoms with Crippen LogP contribution in [0.1, 0.15) is 0 Å². The van der Waals surface area contributed by atoms with Crippen LogP contribution < -0.4 is 34.5 Å². The fraction of sp³-hybridized carbons (Fsp3) is 0. The summed E-state index contributed by atoms with van der Waals surface area (Å²) in [4.78, 5) is 44.5. The van der Waals surface area contributed by atoms with Gasteiger partial charge in [-0.05, 0) is 0 Å². The van der Waals surface area contributed by atoms with Gasteiger partial charge in [-0.15, -0.1) is 0 Å². The number of hydrogen-bond acceptors (Lipinski definition) is 3. The molecule has 0 aromatic heterocycles. The molecule has 0 aromatic rings. The van der Waals surface area contributed by atoms with Crippen LogP contribution in [0, 0.1) is 0 Å². The quantitative estimate of drug-likeness (QED) is 0.199. The van der Waals surface area contributed by atoms with Gasteiger partial charge in [-0.2, -0.15) is 0 Å². The Hall–Kier alpha value is 1.22. The minimum Gasteiger partial charge on any atom is -0.756 e. The molecule has 0 bridgehead atoms. The molecule has 0 aliphatic heterocycles. The normalized spacial score (nSPS) is 10.7. The van der Waals surface area contributed by atoms with Gasteiger partial charge < -0.3 is 29.4 Å². The zero-order chi connectivity index (χ0) is 9.00. The molecular weight excluding hydrogens is 213 g/mol. The average Bonchev–Trinajstić information content (AvgIpc) is 1.12. The fourth-order valence-electron chi connectivity index (χ4n) is 0. The van der Waals surface area contributed by atoms with Gasteiger partial charge in [0.25, 0.3) is 7.82 Å². The minimum atomic E-state index is -4.89. The molecule has 0 heterocycles. The van der Waals surface area contributed by atoms with Crippen molar-refractivity contribution in [3.63, 3.8) is 0 Å². The smallest absolute Gasteiger partial charge is 0.756 e. The van der Waals surface area contributed by atoms with Gasteiger partial charge in [0.2, 0.25) is 0 Å². The van der Waals surface area contributed by atoms with Gasteiger partial charge in [0.05, 0.1) is 0 Å². The third-order valence-corrected chi connectivity index (χ3v) is 0. The summed E-state index contributed by atoms with van der Waals surface area (Å²) >= 11 is 0. The zero-order valence-corrected chi connectivity index (χ0v) is 9.14. The first-order valence-electron chi connectivity index (χ1n) is 1.55. The molecule has 0 aliphatic carbocycles. The van der Waals surface area contributed by atoms with Crippen molar-refractivity contribution in [3.05, 3.63) is 0 Å². The molecule has 0 spiro atoms. The van der Waals surface area contributed by atoms with Crippen LogP contribution in [0.5, 0.6) is 0 Å². The summed E-state index contributed by atoms with van der Waals surface area (Å²) in [5.74, 6) is 0. The second kappa shape index (κ2) is 6.71. The van der Waals surface area contributed by atoms with E-state index >= 15 is 0 Å². The molecule has 0 radical (unpaired) electrons. The van der Waals surface area contributed by atoms with Crippen molar-refractivity contribution in [2.45, 2.75) is 0 Å². The van der Waals surface area contributed by atoms with Crippen molar-refractivity contribution < 1.29 is 68.0 Å². The summed E-state index contributed by atoms with van der Waals surface area (Å²) in [7, 11) is -9.53. The van der Waals surface area contributed by atoms with Crippen LogP contribution in [-0.2, 0) is 9.13 Å². The topological polar surface area (TPSA) is 158 Å². The third-order valence-electron chi connectivity index (χ3n) is 0. The van der Waals surface area contributed by atoms with Crippen molar-refractivity contribution in [2.75, 3.05) is 0 Å². The maximum atomic E-state index is 8.88. The number of phosphoric acid groups is 2. The molecule has 0 saturated carbocycles. The summed E-state index contributed by atoms with van der Waals surface area (Å²) in [6.07, 6.45) is 0. The van der Waals surface area contributed by atoms with Crippen molar-refractivity contribution >= 4 is 15.6 Å². The van der Waals surface area contributed by atoms with Crippen LogP contribution in [-0.4, -0.2) is 24.5 Å². The third kappa shape index (κ3) is 641. The van der Waals surface area contributed by atoms with E-state index in [1.807, 2.05) is 0 Å². The molecular formula is H5NaO8P2. The van der Waals surface area contributed by atoms with Crippen LogP contribution in [0.25, 0.3) is 0 Å². The standard InChI is InChI=1S/Na.2H3O4P/c;2*1-5(2,3)4/h;2*(H3,1,2,3,4)/q+1;;/p-1. The Morgan fingerprint density at radius 3 is 0.909 bits per heavy atom. The van der Waals surface area contributed by atoms with E-state index < -0.39 is 15.6 Å². The van der Waals surface area contributed by atoms with Crippen molar-refractivity contribution in [1.82, 2.24) is 0 Å². The molecule has 5 N–H and O–H groups in total. The molecule has 0 rings (SSSR count). The van der Waals surface area contributed by atoms with E-state index in [1.165, 1.54) is 0 Å². The Morgan fingerprint density at radius 2 is 0.909 bits per heavy atom. The van der Waals surface area contributed by atoms with Gasteiger partial charge in [-0.1, -0.05) is 0 Å². The van der Waals surface area contributed by atoms with Crippen molar-refractivity contribution in [2.24, 2.45) is 0 Å². The van der Waals surface area contributed by atoms with Crippen molar-refractivity contribution in [3.8, 4) is 0 Å². The fourth-order valence-corrected chi connectivity index (χ4v) is 0. The van der Waals surface area contributed by atoms with E-state index in [-0.39, 0.29) is 29.6 Å². The van der Waals surface area contributed by atoms with Crippen molar-refractivity contribution in [1.29, 1.82) is 0 Å². The van der Waals surface area contributed by atoms with Gasteiger partial charge in [0.15, 0.2) is 0 Å². The summed E-state index contributed by atoms with van der Waals surface area (Å²) < 4.78 is 17.7. The van der Waals surface area contributed by atoms with Crippen LogP contribution in [0.3, 0.4) is 0 Å². The molecule has 0 aliphatic rings. The van der Waals surface area contributed by atoms with E-state index in [2.05, 4.69) is 0 Å². The number of hydrogen-bond donors (Lipinski definition) is 5. The largest absolute Gasteiger partial charge is 1.00 e. The predicted molar refractivity (Wildman–Crippen MR) is 26.3 cm³/mol. The maximum Gasteiger partial charge on any atom is 1.00 e. The van der Waals surface area contributed by atoms with E-state index in [1.54, 1.807) is 0 Å². The molecule has 11 heteroatoms. The molecule has 11 heavy (non-hydrogen) atoms. The van der Waals surface area contributed by atoms with Gasteiger partial charge in [0, 0.05) is 0 Å². The Morgan fingerprint density at radius 1 is 0.909 bits per heavy atom. The van der Waals surface area contributed by atoms with Gasteiger partial charge >= 0.3 is 37.4 Å². The molecule has 0 fully saturated rings. The Bertz CT molecular complexity index is 124. The minimum absolute atomic E-state index is 0. The Labute approximate surface area is 83.7 Å². The monoisotopic (exact) mass is 218 g/mol. The maximum absolute atomic E-state index is 8.88. The first-order valence-corrected chi connectivity index (χ1v) is 4.64. The predicted octanol–water partition coefficient (Wildman–Crippen LogP) is -5.49. The Balaban J connectivity index is -0.000000107. The second-order valence-corrected chi connectivity index (χ2v) is 3.01. The van der Waals surface area contributed by atoms with Gasteiger partial charge in [-0.25, -0.2) is 4.57 Å². The SMILES string of the molecule is O=P(O)(O)O.O=P([O-])(O)O.[Na+]. The first-order chi connectivity index (χ1) is 4.00. The zero-order valence-electron chi connectivity index (χ0n) is 5.36. The van der Waals surface area contributed by atoms with E-state index in [0.717, 1.165) is 0 Å². The molecule has 0 atom stereocenters. The van der Waals surface area contributed by atoms with E-state index in [4.69, 9.17) is 38.5 Å². The van der Waals surface area contributed by atoms with Crippen LogP contribution >= 0.6 is 15.6 Å². The molecule has 8 nitrogen and oxygen atoms in total. The summed E-state index contributed by atoms with van der Waals surface area (Å²) in [5.41, 5.74) is 0. The summed E-state index contributed by atoms with van der Waals surface area (Å²) in [5, 5.41) is 0. The molecule has 0 amide bonds. The second-order valence-electron chi connectivity index (χ2n) is 1.00. The van der Waals surface area contributed by atoms with Crippen LogP contribution in [0.15, 0.2) is 0 Å². The summed E-state index contributed by atoms with van der Waals surface area (Å²) in [6, 6.07) is 0. The Kier molecular flexibility index (Phi) is 11.0. The number of rotatable bonds is 0. The van der Waals surface area contributed by atoms with Crippen LogP contribution in [0.2, 0.25) is 0 Å². The molecule has 0 saturated heterocycles. The first kappa shape index (κ1) is 18.1. The molecule has 0 aromatic carbocycles.